The fourth-order valence-electron chi connectivity index (χ4n) is 3.41. The molecule has 1 saturated heterocycles. The Hall–Kier alpha value is -1.44. The Morgan fingerprint density at radius 1 is 1.19 bits per heavy atom. The molecule has 1 aliphatic heterocycles. The van der Waals surface area contributed by atoms with E-state index in [1.54, 1.807) is 12.1 Å². The van der Waals surface area contributed by atoms with Crippen LogP contribution in [0.25, 0.3) is 0 Å². The number of aliphatic carboxylic acids is 1. The molecule has 1 aliphatic rings. The Morgan fingerprint density at radius 2 is 1.81 bits per heavy atom. The third-order valence-electron chi connectivity index (χ3n) is 5.09. The van der Waals surface area contributed by atoms with E-state index < -0.39 is 21.5 Å². The van der Waals surface area contributed by atoms with Gasteiger partial charge in [-0.2, -0.15) is 0 Å². The van der Waals surface area contributed by atoms with Gasteiger partial charge in [0.2, 0.25) is 10.0 Å². The molecule has 0 amide bonds. The van der Waals surface area contributed by atoms with Crippen molar-refractivity contribution < 1.29 is 18.3 Å². The van der Waals surface area contributed by atoms with Crippen molar-refractivity contribution in [3.63, 3.8) is 0 Å². The van der Waals surface area contributed by atoms with Gasteiger partial charge >= 0.3 is 5.97 Å². The van der Waals surface area contributed by atoms with Crippen LogP contribution in [0.1, 0.15) is 51.0 Å². The van der Waals surface area contributed by atoms with Gasteiger partial charge in [0.1, 0.15) is 0 Å². The average Bonchev–Trinajstić information content (AvgIpc) is 2.57. The molecule has 7 heteroatoms. The predicted octanol–water partition coefficient (Wildman–Crippen LogP) is 2.64. The third kappa shape index (κ3) is 5.79. The first-order chi connectivity index (χ1) is 12.3. The molecule has 146 valence electrons. The minimum absolute atomic E-state index is 0.195. The van der Waals surface area contributed by atoms with Gasteiger partial charge in [0, 0.05) is 5.54 Å². The van der Waals surface area contributed by atoms with Crippen molar-refractivity contribution in [2.75, 3.05) is 20.1 Å². The number of carbonyl (C=O) groups is 1. The molecule has 0 spiro atoms. The Labute approximate surface area is 156 Å². The highest BCUT2D eigenvalue weighted by molar-refractivity contribution is 7.89. The van der Waals surface area contributed by atoms with Gasteiger partial charge in [0.05, 0.1) is 11.3 Å². The average molecular weight is 383 g/mol. The lowest BCUT2D eigenvalue weighted by molar-refractivity contribution is -0.139. The number of hydrogen-bond donors (Lipinski definition) is 2. The quantitative estimate of drug-likeness (QED) is 0.641. The van der Waals surface area contributed by atoms with Crippen molar-refractivity contribution in [2.24, 2.45) is 0 Å². The van der Waals surface area contributed by atoms with Crippen molar-refractivity contribution in [3.8, 4) is 0 Å². The van der Waals surface area contributed by atoms with Gasteiger partial charge < -0.3 is 10.0 Å². The molecule has 6 nitrogen and oxygen atoms in total. The molecule has 2 rings (SSSR count). The van der Waals surface area contributed by atoms with Crippen LogP contribution in [0.2, 0.25) is 0 Å². The fourth-order valence-corrected chi connectivity index (χ4v) is 4.87. The summed E-state index contributed by atoms with van der Waals surface area (Å²) in [5.41, 5.74) is 0.202. The molecule has 0 saturated carbocycles. The number of piperidine rings is 1. The van der Waals surface area contributed by atoms with Gasteiger partial charge in [0.15, 0.2) is 0 Å². The van der Waals surface area contributed by atoms with Gasteiger partial charge in [-0.3, -0.25) is 4.79 Å². The highest BCUT2D eigenvalue weighted by Crippen LogP contribution is 2.28. The topological polar surface area (TPSA) is 86.7 Å². The molecule has 0 aromatic heterocycles. The number of carboxylic acids is 1. The smallest absolute Gasteiger partial charge is 0.305 e. The molecule has 2 N–H and O–H groups in total. The maximum atomic E-state index is 12.8. The Balaban J connectivity index is 2.13. The summed E-state index contributed by atoms with van der Waals surface area (Å²) in [4.78, 5) is 13.6. The van der Waals surface area contributed by atoms with E-state index >= 15 is 0 Å². The second kappa shape index (κ2) is 8.97. The molecule has 1 aromatic rings. The minimum atomic E-state index is -3.76. The number of hydrogen-bond acceptors (Lipinski definition) is 4. The first kappa shape index (κ1) is 20.9. The zero-order chi connectivity index (χ0) is 19.2. The number of nitrogens with zero attached hydrogens (tertiary/aromatic N) is 1. The molecular weight excluding hydrogens is 352 g/mol. The zero-order valence-electron chi connectivity index (χ0n) is 15.7. The lowest BCUT2D eigenvalue weighted by atomic mass is 9.86. The SMILES string of the molecule is CCCCCc1ccc(S(=O)(=O)NC2(CC(=O)O)CCN(C)CC2)cc1. The van der Waals surface area contributed by atoms with Gasteiger partial charge in [-0.1, -0.05) is 31.9 Å². The van der Waals surface area contributed by atoms with Crippen LogP contribution in [0.5, 0.6) is 0 Å². The number of benzene rings is 1. The summed E-state index contributed by atoms with van der Waals surface area (Å²) in [5, 5.41) is 9.25. The molecule has 0 bridgehead atoms. The summed E-state index contributed by atoms with van der Waals surface area (Å²) in [5.74, 6) is -0.983. The van der Waals surface area contributed by atoms with Gasteiger partial charge in [-0.25, -0.2) is 13.1 Å². The summed E-state index contributed by atoms with van der Waals surface area (Å²) < 4.78 is 28.4. The highest BCUT2D eigenvalue weighted by Gasteiger charge is 2.39. The molecule has 0 unspecified atom stereocenters. The molecule has 0 atom stereocenters. The van der Waals surface area contributed by atoms with Crippen LogP contribution in [0.4, 0.5) is 0 Å². The molecule has 0 aliphatic carbocycles. The summed E-state index contributed by atoms with van der Waals surface area (Å²) in [7, 11) is -1.80. The van der Waals surface area contributed by atoms with Crippen molar-refractivity contribution in [1.29, 1.82) is 0 Å². The van der Waals surface area contributed by atoms with E-state index in [-0.39, 0.29) is 11.3 Å². The Morgan fingerprint density at radius 3 is 2.35 bits per heavy atom. The largest absolute Gasteiger partial charge is 0.481 e. The van der Waals surface area contributed by atoms with E-state index in [1.807, 2.05) is 19.2 Å². The van der Waals surface area contributed by atoms with E-state index in [2.05, 4.69) is 16.5 Å². The molecular formula is C19H30N2O4S. The number of aryl methyl sites for hydroxylation is 1. The first-order valence-corrected chi connectivity index (χ1v) is 10.8. The van der Waals surface area contributed by atoms with Crippen LogP contribution in [0.15, 0.2) is 29.2 Å². The number of rotatable bonds is 9. The fraction of sp³-hybridized carbons (Fsp3) is 0.632. The van der Waals surface area contributed by atoms with Crippen LogP contribution in [-0.2, 0) is 21.2 Å². The molecule has 1 aromatic carbocycles. The summed E-state index contributed by atoms with van der Waals surface area (Å²) in [6, 6.07) is 6.94. The summed E-state index contributed by atoms with van der Waals surface area (Å²) in [6.07, 6.45) is 5.13. The van der Waals surface area contributed by atoms with Crippen LogP contribution in [-0.4, -0.2) is 50.1 Å². The lowest BCUT2D eigenvalue weighted by Crippen LogP contribution is -2.55. The van der Waals surface area contributed by atoms with Crippen molar-refractivity contribution >= 4 is 16.0 Å². The molecule has 1 heterocycles. The van der Waals surface area contributed by atoms with Gasteiger partial charge in [-0.15, -0.1) is 0 Å². The normalized spacial score (nSPS) is 17.9. The first-order valence-electron chi connectivity index (χ1n) is 9.30. The molecule has 1 fully saturated rings. The number of carboxylic acid groups (broad SMARTS) is 1. The lowest BCUT2D eigenvalue weighted by Gasteiger charge is -2.40. The Bertz CT molecular complexity index is 693. The van der Waals surface area contributed by atoms with Crippen LogP contribution in [0.3, 0.4) is 0 Å². The molecule has 0 radical (unpaired) electrons. The molecule has 26 heavy (non-hydrogen) atoms. The van der Waals surface area contributed by atoms with Gasteiger partial charge in [0.25, 0.3) is 0 Å². The second-order valence-corrected chi connectivity index (χ2v) is 9.04. The van der Waals surface area contributed by atoms with Crippen molar-refractivity contribution in [1.82, 2.24) is 9.62 Å². The van der Waals surface area contributed by atoms with E-state index in [0.29, 0.717) is 25.9 Å². The maximum absolute atomic E-state index is 12.8. The van der Waals surface area contributed by atoms with Crippen LogP contribution in [0, 0.1) is 0 Å². The zero-order valence-corrected chi connectivity index (χ0v) is 16.5. The maximum Gasteiger partial charge on any atom is 0.305 e. The van der Waals surface area contributed by atoms with Gasteiger partial charge in [-0.05, 0) is 63.5 Å². The minimum Gasteiger partial charge on any atom is -0.481 e. The standard InChI is InChI=1S/C19H30N2O4S/c1-3-4-5-6-16-7-9-17(10-8-16)26(24,25)20-19(15-18(22)23)11-13-21(2)14-12-19/h7-10,20H,3-6,11-15H2,1-2H3,(H,22,23). The number of likely N-dealkylation sites (tertiary alicyclic amines) is 1. The Kier molecular flexibility index (Phi) is 7.20. The number of unbranched alkanes of at least 4 members (excludes halogenated alkanes) is 2. The summed E-state index contributed by atoms with van der Waals surface area (Å²) >= 11 is 0. The number of sulfonamides is 1. The predicted molar refractivity (Wildman–Crippen MR) is 102 cm³/mol. The van der Waals surface area contributed by atoms with Crippen LogP contribution >= 0.6 is 0 Å². The van der Waals surface area contributed by atoms with E-state index in [9.17, 15) is 18.3 Å². The van der Waals surface area contributed by atoms with Crippen molar-refractivity contribution in [3.05, 3.63) is 29.8 Å². The number of nitrogens with one attached hydrogen (secondary N) is 1. The second-order valence-electron chi connectivity index (χ2n) is 7.36. The van der Waals surface area contributed by atoms with E-state index in [1.165, 1.54) is 0 Å². The highest BCUT2D eigenvalue weighted by atomic mass is 32.2. The monoisotopic (exact) mass is 382 g/mol. The van der Waals surface area contributed by atoms with E-state index in [0.717, 1.165) is 31.2 Å². The third-order valence-corrected chi connectivity index (χ3v) is 6.68. The summed E-state index contributed by atoms with van der Waals surface area (Å²) in [6.45, 7) is 3.50. The van der Waals surface area contributed by atoms with E-state index in [4.69, 9.17) is 0 Å². The van der Waals surface area contributed by atoms with Crippen molar-refractivity contribution in [2.45, 2.75) is 62.3 Å². The van der Waals surface area contributed by atoms with Crippen LogP contribution < -0.4 is 4.72 Å².